The van der Waals surface area contributed by atoms with Crippen molar-refractivity contribution < 1.29 is 13.6 Å². The Morgan fingerprint density at radius 1 is 1.03 bits per heavy atom. The molecule has 3 heterocycles. The molecule has 5 nitrogen and oxygen atoms in total. The minimum absolute atomic E-state index is 0.00803. The van der Waals surface area contributed by atoms with Crippen LogP contribution in [-0.4, -0.2) is 10.9 Å². The topological polar surface area (TPSA) is 63.4 Å². The Kier molecular flexibility index (Phi) is 3.81. The van der Waals surface area contributed by atoms with Crippen LogP contribution in [0.3, 0.4) is 0 Å². The lowest BCUT2D eigenvalue weighted by Crippen LogP contribution is -2.30. The van der Waals surface area contributed by atoms with Crippen molar-refractivity contribution in [3.63, 3.8) is 0 Å². The van der Waals surface area contributed by atoms with Crippen LogP contribution in [0, 0.1) is 12.7 Å². The van der Waals surface area contributed by atoms with Gasteiger partial charge in [0.25, 0.3) is 5.91 Å². The summed E-state index contributed by atoms with van der Waals surface area (Å²) in [6.45, 7) is 1.88. The zero-order valence-electron chi connectivity index (χ0n) is 15.4. The van der Waals surface area contributed by atoms with Crippen molar-refractivity contribution in [1.29, 1.82) is 0 Å². The molecule has 1 aliphatic heterocycles. The van der Waals surface area contributed by atoms with Crippen molar-refractivity contribution in [3.8, 4) is 0 Å². The number of rotatable bonds is 2. The van der Waals surface area contributed by atoms with Gasteiger partial charge in [-0.1, -0.05) is 29.8 Å². The van der Waals surface area contributed by atoms with Gasteiger partial charge in [0, 0.05) is 6.20 Å². The summed E-state index contributed by atoms with van der Waals surface area (Å²) in [6.07, 6.45) is 1.57. The smallest absolute Gasteiger partial charge is 0.296 e. The number of anilines is 1. The zero-order valence-corrected chi connectivity index (χ0v) is 15.4. The Bertz CT molecular complexity index is 1310. The van der Waals surface area contributed by atoms with Gasteiger partial charge >= 0.3 is 0 Å². The number of benzene rings is 2. The van der Waals surface area contributed by atoms with E-state index >= 15 is 0 Å². The molecule has 0 unspecified atom stereocenters. The van der Waals surface area contributed by atoms with Crippen molar-refractivity contribution in [1.82, 2.24) is 4.98 Å². The summed E-state index contributed by atoms with van der Waals surface area (Å²) in [4.78, 5) is 32.4. The Morgan fingerprint density at radius 3 is 2.55 bits per heavy atom. The molecule has 2 aromatic heterocycles. The molecule has 4 aromatic rings. The summed E-state index contributed by atoms with van der Waals surface area (Å²) >= 11 is 0. The Balaban J connectivity index is 1.83. The summed E-state index contributed by atoms with van der Waals surface area (Å²) in [5.41, 5.74) is 1.84. The summed E-state index contributed by atoms with van der Waals surface area (Å²) < 4.78 is 19.4. The Hall–Kier alpha value is -3.80. The number of carbonyl (C=O) groups excluding carboxylic acids is 1. The molecule has 142 valence electrons. The van der Waals surface area contributed by atoms with Crippen molar-refractivity contribution in [2.75, 3.05) is 4.90 Å². The first-order valence-corrected chi connectivity index (χ1v) is 9.12. The number of pyridine rings is 1. The number of nitrogens with zero attached hydrogens (tertiary/aromatic N) is 2. The van der Waals surface area contributed by atoms with E-state index in [1.165, 1.54) is 17.0 Å². The van der Waals surface area contributed by atoms with Gasteiger partial charge in [0.05, 0.1) is 17.0 Å². The fraction of sp³-hybridized carbons (Fsp3) is 0.0870. The molecule has 1 amide bonds. The molecule has 0 saturated heterocycles. The molecule has 0 saturated carbocycles. The largest absolute Gasteiger partial charge is 0.450 e. The molecule has 6 heteroatoms. The highest BCUT2D eigenvalue weighted by Crippen LogP contribution is 2.40. The second-order valence-electron chi connectivity index (χ2n) is 6.99. The highest BCUT2D eigenvalue weighted by Gasteiger charge is 2.44. The zero-order chi connectivity index (χ0) is 20.1. The highest BCUT2D eigenvalue weighted by molar-refractivity contribution is 6.10. The molecule has 0 N–H and O–H groups in total. The van der Waals surface area contributed by atoms with Crippen LogP contribution in [0.1, 0.15) is 33.3 Å². The van der Waals surface area contributed by atoms with Crippen LogP contribution in [-0.2, 0) is 0 Å². The maximum absolute atomic E-state index is 13.5. The average Bonchev–Trinajstić information content (AvgIpc) is 3.03. The molecular weight excluding hydrogens is 371 g/mol. The molecule has 29 heavy (non-hydrogen) atoms. The number of fused-ring (bicyclic) bond motifs is 2. The number of aryl methyl sites for hydroxylation is 1. The van der Waals surface area contributed by atoms with Crippen molar-refractivity contribution >= 4 is 22.7 Å². The molecule has 0 spiro atoms. The molecular formula is C23H15FN2O3. The standard InChI is InChI=1S/C23H15FN2O3/c1-13-5-10-17-16(12-13)21(27)19-20(14-6-8-15(24)9-7-14)26(23(28)22(19)29-17)18-4-2-3-11-25-18/h2-12,20H,1H3/t20-/m0/s1. The van der Waals surface area contributed by atoms with Crippen LogP contribution in [0.15, 0.2) is 76.1 Å². The maximum atomic E-state index is 13.5. The van der Waals surface area contributed by atoms with Gasteiger partial charge in [-0.05, 0) is 48.9 Å². The van der Waals surface area contributed by atoms with Crippen molar-refractivity contribution in [2.45, 2.75) is 13.0 Å². The Labute approximate surface area is 165 Å². The second kappa shape index (κ2) is 6.38. The van der Waals surface area contributed by atoms with E-state index in [1.807, 2.05) is 13.0 Å². The van der Waals surface area contributed by atoms with Gasteiger partial charge in [0.15, 0.2) is 5.43 Å². The van der Waals surface area contributed by atoms with Crippen LogP contribution in [0.4, 0.5) is 10.2 Å². The Morgan fingerprint density at radius 2 is 1.83 bits per heavy atom. The summed E-state index contributed by atoms with van der Waals surface area (Å²) in [6, 6.07) is 15.4. The molecule has 0 radical (unpaired) electrons. The fourth-order valence-corrected chi connectivity index (χ4v) is 3.78. The number of amides is 1. The lowest BCUT2D eigenvalue weighted by molar-refractivity contribution is 0.0970. The van der Waals surface area contributed by atoms with Gasteiger partial charge in [0.2, 0.25) is 5.76 Å². The third-order valence-corrected chi connectivity index (χ3v) is 5.11. The molecule has 1 aliphatic rings. The predicted octanol–water partition coefficient (Wildman–Crippen LogP) is 4.39. The number of hydrogen-bond acceptors (Lipinski definition) is 4. The van der Waals surface area contributed by atoms with Crippen LogP contribution in [0.25, 0.3) is 11.0 Å². The van der Waals surface area contributed by atoms with E-state index in [9.17, 15) is 14.0 Å². The van der Waals surface area contributed by atoms with Gasteiger partial charge in [0.1, 0.15) is 17.2 Å². The first-order chi connectivity index (χ1) is 14.0. The normalized spacial score (nSPS) is 15.7. The first kappa shape index (κ1) is 17.3. The van der Waals surface area contributed by atoms with E-state index in [0.717, 1.165) is 5.56 Å². The van der Waals surface area contributed by atoms with Gasteiger partial charge in [-0.2, -0.15) is 0 Å². The number of aromatic nitrogens is 1. The van der Waals surface area contributed by atoms with E-state index in [-0.39, 0.29) is 16.8 Å². The molecule has 2 aromatic carbocycles. The molecule has 0 aliphatic carbocycles. The molecule has 5 rings (SSSR count). The predicted molar refractivity (Wildman–Crippen MR) is 107 cm³/mol. The molecule has 1 atom stereocenters. The van der Waals surface area contributed by atoms with E-state index < -0.39 is 17.8 Å². The van der Waals surface area contributed by atoms with E-state index in [2.05, 4.69) is 4.98 Å². The van der Waals surface area contributed by atoms with E-state index in [4.69, 9.17) is 4.42 Å². The van der Waals surface area contributed by atoms with E-state index in [1.54, 1.807) is 48.7 Å². The fourth-order valence-electron chi connectivity index (χ4n) is 3.78. The number of hydrogen-bond donors (Lipinski definition) is 0. The molecule has 0 bridgehead atoms. The van der Waals surface area contributed by atoms with Crippen LogP contribution >= 0.6 is 0 Å². The van der Waals surface area contributed by atoms with Crippen molar-refractivity contribution in [3.05, 3.63) is 105 Å². The monoisotopic (exact) mass is 386 g/mol. The first-order valence-electron chi connectivity index (χ1n) is 9.12. The summed E-state index contributed by atoms with van der Waals surface area (Å²) in [5, 5.41) is 0.409. The number of carbonyl (C=O) groups is 1. The number of halogens is 1. The minimum Gasteiger partial charge on any atom is -0.450 e. The lowest BCUT2D eigenvalue weighted by atomic mass is 9.98. The van der Waals surface area contributed by atoms with Crippen LogP contribution < -0.4 is 10.3 Å². The summed E-state index contributed by atoms with van der Waals surface area (Å²) in [5.74, 6) is -0.472. The van der Waals surface area contributed by atoms with E-state index in [0.29, 0.717) is 22.4 Å². The maximum Gasteiger partial charge on any atom is 0.296 e. The SMILES string of the molecule is Cc1ccc2oc3c(c(=O)c2c1)[C@H](c1ccc(F)cc1)N(c1ccccn1)C3=O. The highest BCUT2D eigenvalue weighted by atomic mass is 19.1. The molecule has 0 fully saturated rings. The van der Waals surface area contributed by atoms with Crippen LogP contribution in [0.2, 0.25) is 0 Å². The quantitative estimate of drug-likeness (QED) is 0.513. The third-order valence-electron chi connectivity index (χ3n) is 5.11. The van der Waals surface area contributed by atoms with Crippen molar-refractivity contribution in [2.24, 2.45) is 0 Å². The summed E-state index contributed by atoms with van der Waals surface area (Å²) in [7, 11) is 0. The van der Waals surface area contributed by atoms with Gasteiger partial charge in [-0.3, -0.25) is 14.5 Å². The van der Waals surface area contributed by atoms with Crippen LogP contribution in [0.5, 0.6) is 0 Å². The van der Waals surface area contributed by atoms with Gasteiger partial charge in [-0.25, -0.2) is 9.37 Å². The minimum atomic E-state index is -0.755. The van der Waals surface area contributed by atoms with Gasteiger partial charge in [-0.15, -0.1) is 0 Å². The lowest BCUT2D eigenvalue weighted by Gasteiger charge is -2.24. The van der Waals surface area contributed by atoms with Gasteiger partial charge < -0.3 is 4.42 Å². The second-order valence-corrected chi connectivity index (χ2v) is 6.99. The third kappa shape index (κ3) is 2.64. The average molecular weight is 386 g/mol.